The summed E-state index contributed by atoms with van der Waals surface area (Å²) in [6.07, 6.45) is 1.50. The molecule has 0 aliphatic carbocycles. The van der Waals surface area contributed by atoms with Crippen molar-refractivity contribution >= 4 is 5.91 Å². The largest absolute Gasteiger partial charge is 0.345 e. The zero-order valence-corrected chi connectivity index (χ0v) is 12.4. The number of tetrazole rings is 1. The molecule has 0 aliphatic heterocycles. The minimum absolute atomic E-state index is 0.139. The van der Waals surface area contributed by atoms with Crippen molar-refractivity contribution in [3.05, 3.63) is 36.2 Å². The minimum atomic E-state index is -0.425. The molecule has 21 heavy (non-hydrogen) atoms. The lowest BCUT2D eigenvalue weighted by molar-refractivity contribution is 0.0883. The molecule has 0 aliphatic rings. The maximum absolute atomic E-state index is 12.3. The summed E-state index contributed by atoms with van der Waals surface area (Å²) in [4.78, 5) is 12.3. The summed E-state index contributed by atoms with van der Waals surface area (Å²) in [5.41, 5.74) is 6.73. The van der Waals surface area contributed by atoms with Gasteiger partial charge in [-0.1, -0.05) is 13.8 Å². The Morgan fingerprint density at radius 2 is 2.05 bits per heavy atom. The molecule has 3 N–H and O–H groups in total. The first-order valence-electron chi connectivity index (χ1n) is 6.82. The fraction of sp³-hybridized carbons (Fsp3) is 0.429. The number of carbonyl (C=O) groups is 1. The molecule has 112 valence electrons. The van der Waals surface area contributed by atoms with E-state index in [-0.39, 0.29) is 11.8 Å². The van der Waals surface area contributed by atoms with Crippen molar-refractivity contribution in [3.8, 4) is 5.69 Å². The second-order valence-electron chi connectivity index (χ2n) is 5.53. The number of nitrogens with two attached hydrogens (primary N) is 1. The van der Waals surface area contributed by atoms with Crippen molar-refractivity contribution in [1.29, 1.82) is 0 Å². The maximum atomic E-state index is 12.3. The van der Waals surface area contributed by atoms with E-state index in [0.29, 0.717) is 12.1 Å². The summed E-state index contributed by atoms with van der Waals surface area (Å²) >= 11 is 0. The molecule has 2 aromatic rings. The van der Waals surface area contributed by atoms with Crippen molar-refractivity contribution in [2.45, 2.75) is 26.3 Å². The van der Waals surface area contributed by atoms with Crippen LogP contribution in [-0.4, -0.2) is 38.2 Å². The fourth-order valence-electron chi connectivity index (χ4n) is 1.81. The van der Waals surface area contributed by atoms with Gasteiger partial charge < -0.3 is 11.1 Å². The molecule has 0 saturated carbocycles. The molecule has 1 aromatic carbocycles. The van der Waals surface area contributed by atoms with Gasteiger partial charge in [-0.15, -0.1) is 5.10 Å². The van der Waals surface area contributed by atoms with E-state index in [1.54, 1.807) is 24.3 Å². The van der Waals surface area contributed by atoms with Crippen LogP contribution in [0.1, 0.15) is 31.1 Å². The molecule has 1 heterocycles. The van der Waals surface area contributed by atoms with Crippen LogP contribution in [-0.2, 0) is 0 Å². The lowest BCUT2D eigenvalue weighted by Crippen LogP contribution is -2.55. The summed E-state index contributed by atoms with van der Waals surface area (Å²) in [6, 6.07) is 7.06. The molecule has 1 aromatic heterocycles. The van der Waals surface area contributed by atoms with Crippen LogP contribution in [0, 0.1) is 5.92 Å². The molecule has 0 fully saturated rings. The van der Waals surface area contributed by atoms with Crippen molar-refractivity contribution in [1.82, 2.24) is 25.5 Å². The van der Waals surface area contributed by atoms with Gasteiger partial charge in [0.15, 0.2) is 0 Å². The van der Waals surface area contributed by atoms with E-state index in [0.717, 1.165) is 5.69 Å². The second-order valence-corrected chi connectivity index (χ2v) is 5.53. The van der Waals surface area contributed by atoms with Crippen LogP contribution >= 0.6 is 0 Å². The monoisotopic (exact) mass is 288 g/mol. The zero-order valence-electron chi connectivity index (χ0n) is 12.4. The molecule has 0 spiro atoms. The number of aromatic nitrogens is 4. The minimum Gasteiger partial charge on any atom is -0.345 e. The Morgan fingerprint density at radius 3 is 2.52 bits per heavy atom. The molecular formula is C14H20N6O. The van der Waals surface area contributed by atoms with Gasteiger partial charge in [0.2, 0.25) is 0 Å². The third-order valence-corrected chi connectivity index (χ3v) is 3.84. The molecule has 2 rings (SSSR count). The zero-order chi connectivity index (χ0) is 15.5. The van der Waals surface area contributed by atoms with Crippen LogP contribution in [0.4, 0.5) is 0 Å². The quantitative estimate of drug-likeness (QED) is 0.846. The Labute approximate surface area is 123 Å². The molecule has 1 unspecified atom stereocenters. The standard InChI is InChI=1S/C14H20N6O/c1-10(2)14(3,8-15)17-13(21)11-4-6-12(7-5-11)20-9-16-18-19-20/h4-7,9-10H,8,15H2,1-3H3,(H,17,21). The van der Waals surface area contributed by atoms with Gasteiger partial charge in [0.05, 0.1) is 11.2 Å². The van der Waals surface area contributed by atoms with Crippen molar-refractivity contribution in [3.63, 3.8) is 0 Å². The number of amides is 1. The molecule has 7 heteroatoms. The van der Waals surface area contributed by atoms with Gasteiger partial charge >= 0.3 is 0 Å². The van der Waals surface area contributed by atoms with Crippen LogP contribution in [0.3, 0.4) is 0 Å². The normalized spacial score (nSPS) is 14.0. The third-order valence-electron chi connectivity index (χ3n) is 3.84. The fourth-order valence-corrected chi connectivity index (χ4v) is 1.81. The third kappa shape index (κ3) is 3.25. The SMILES string of the molecule is CC(C)C(C)(CN)NC(=O)c1ccc(-n2cnnn2)cc1. The van der Waals surface area contributed by atoms with Crippen molar-refractivity contribution in [2.24, 2.45) is 11.7 Å². The molecular weight excluding hydrogens is 268 g/mol. The lowest BCUT2D eigenvalue weighted by Gasteiger charge is -2.33. The van der Waals surface area contributed by atoms with E-state index >= 15 is 0 Å². The summed E-state index contributed by atoms with van der Waals surface area (Å²) in [6.45, 7) is 6.41. The van der Waals surface area contributed by atoms with Crippen LogP contribution in [0.5, 0.6) is 0 Å². The number of benzene rings is 1. The number of carbonyl (C=O) groups excluding carboxylic acids is 1. The van der Waals surface area contributed by atoms with E-state index < -0.39 is 5.54 Å². The Hall–Kier alpha value is -2.28. The average Bonchev–Trinajstić information content (AvgIpc) is 3.01. The molecule has 0 bridgehead atoms. The smallest absolute Gasteiger partial charge is 0.251 e. The predicted molar refractivity (Wildman–Crippen MR) is 78.9 cm³/mol. The lowest BCUT2D eigenvalue weighted by atomic mass is 9.88. The Kier molecular flexibility index (Phi) is 4.32. The van der Waals surface area contributed by atoms with E-state index in [2.05, 4.69) is 20.8 Å². The van der Waals surface area contributed by atoms with Gasteiger partial charge in [-0.3, -0.25) is 4.79 Å². The molecule has 1 amide bonds. The number of nitrogens with one attached hydrogen (secondary N) is 1. The van der Waals surface area contributed by atoms with Crippen molar-refractivity contribution < 1.29 is 4.79 Å². The number of hydrogen-bond acceptors (Lipinski definition) is 5. The molecule has 1 atom stereocenters. The molecule has 0 saturated heterocycles. The summed E-state index contributed by atoms with van der Waals surface area (Å²) in [5.74, 6) is 0.104. The first-order valence-corrected chi connectivity index (χ1v) is 6.82. The van der Waals surface area contributed by atoms with Crippen LogP contribution in [0.25, 0.3) is 5.69 Å². The summed E-state index contributed by atoms with van der Waals surface area (Å²) in [5, 5.41) is 13.9. The van der Waals surface area contributed by atoms with Gasteiger partial charge in [-0.25, -0.2) is 4.68 Å². The second kappa shape index (κ2) is 6.01. The van der Waals surface area contributed by atoms with Gasteiger partial charge in [-0.2, -0.15) is 0 Å². The summed E-state index contributed by atoms with van der Waals surface area (Å²) in [7, 11) is 0. The van der Waals surface area contributed by atoms with Crippen molar-refractivity contribution in [2.75, 3.05) is 6.54 Å². The van der Waals surface area contributed by atoms with Gasteiger partial charge in [0.1, 0.15) is 6.33 Å². The number of hydrogen-bond donors (Lipinski definition) is 2. The van der Waals surface area contributed by atoms with Crippen LogP contribution < -0.4 is 11.1 Å². The highest BCUT2D eigenvalue weighted by Crippen LogP contribution is 2.16. The predicted octanol–water partition coefficient (Wildman–Crippen LogP) is 0.766. The summed E-state index contributed by atoms with van der Waals surface area (Å²) < 4.78 is 1.53. The van der Waals surface area contributed by atoms with Crippen LogP contribution in [0.2, 0.25) is 0 Å². The van der Waals surface area contributed by atoms with Gasteiger partial charge in [0, 0.05) is 12.1 Å². The van der Waals surface area contributed by atoms with Crippen LogP contribution in [0.15, 0.2) is 30.6 Å². The topological polar surface area (TPSA) is 98.7 Å². The first-order chi connectivity index (χ1) is 9.96. The Morgan fingerprint density at radius 1 is 1.38 bits per heavy atom. The van der Waals surface area contributed by atoms with E-state index in [9.17, 15) is 4.79 Å². The van der Waals surface area contributed by atoms with E-state index in [4.69, 9.17) is 5.73 Å². The highest BCUT2D eigenvalue weighted by Gasteiger charge is 2.28. The number of rotatable bonds is 5. The van der Waals surface area contributed by atoms with E-state index in [1.807, 2.05) is 20.8 Å². The first kappa shape index (κ1) is 15.1. The average molecular weight is 288 g/mol. The van der Waals surface area contributed by atoms with Gasteiger partial charge in [-0.05, 0) is 47.5 Å². The highest BCUT2D eigenvalue weighted by molar-refractivity contribution is 5.94. The number of nitrogens with zero attached hydrogens (tertiary/aromatic N) is 4. The maximum Gasteiger partial charge on any atom is 0.251 e. The molecule has 7 nitrogen and oxygen atoms in total. The Bertz CT molecular complexity index is 592. The highest BCUT2D eigenvalue weighted by atomic mass is 16.1. The molecule has 0 radical (unpaired) electrons. The van der Waals surface area contributed by atoms with Gasteiger partial charge in [0.25, 0.3) is 5.91 Å². The Balaban J connectivity index is 2.13. The van der Waals surface area contributed by atoms with E-state index in [1.165, 1.54) is 11.0 Å².